The highest BCUT2D eigenvalue weighted by molar-refractivity contribution is 4.96. The summed E-state index contributed by atoms with van der Waals surface area (Å²) in [7, 11) is 0. The Morgan fingerprint density at radius 1 is 1.56 bits per heavy atom. The third-order valence-corrected chi connectivity index (χ3v) is 1.07. The average molecular weight is 127 g/mol. The lowest BCUT2D eigenvalue weighted by Gasteiger charge is -1.96. The van der Waals surface area contributed by atoms with E-state index < -0.39 is 5.82 Å². The Kier molecular flexibility index (Phi) is 1.34. The molecule has 2 nitrogen and oxygen atoms in total. The van der Waals surface area contributed by atoms with Crippen molar-refractivity contribution >= 4 is 0 Å². The van der Waals surface area contributed by atoms with E-state index in [0.29, 0.717) is 10.4 Å². The predicted molar refractivity (Wildman–Crippen MR) is 30.1 cm³/mol. The summed E-state index contributed by atoms with van der Waals surface area (Å²) in [6.07, 6.45) is 0.898. The molecule has 0 radical (unpaired) electrons. The summed E-state index contributed by atoms with van der Waals surface area (Å²) >= 11 is 0. The normalized spacial score (nSPS) is 9.56. The lowest BCUT2D eigenvalue weighted by Crippen LogP contribution is -2.29. The number of pyridine rings is 1. The second-order valence-corrected chi connectivity index (χ2v) is 1.81. The lowest BCUT2D eigenvalue weighted by atomic mass is 10.4. The Morgan fingerprint density at radius 3 is 2.67 bits per heavy atom. The number of rotatable bonds is 0. The molecular weight excluding hydrogens is 121 g/mol. The quantitative estimate of drug-likeness (QED) is 0.373. The Labute approximate surface area is 52.1 Å². The van der Waals surface area contributed by atoms with Crippen LogP contribution in [-0.4, -0.2) is 0 Å². The zero-order chi connectivity index (χ0) is 6.85. The monoisotopic (exact) mass is 127 g/mol. The fraction of sp³-hybridized carbons (Fsp3) is 0.167. The topological polar surface area (TPSA) is 26.9 Å². The van der Waals surface area contributed by atoms with Crippen LogP contribution in [0.3, 0.4) is 0 Å². The largest absolute Gasteiger partial charge is 0.618 e. The number of aryl methyl sites for hydroxylation is 1. The minimum absolute atomic E-state index is 0.495. The molecule has 0 aliphatic heterocycles. The van der Waals surface area contributed by atoms with E-state index in [-0.39, 0.29) is 0 Å². The maximum atomic E-state index is 12.1. The molecule has 0 amide bonds. The molecule has 0 aliphatic rings. The van der Waals surface area contributed by atoms with Crippen LogP contribution in [0.2, 0.25) is 0 Å². The van der Waals surface area contributed by atoms with E-state index in [1.54, 1.807) is 6.92 Å². The molecule has 0 aromatic carbocycles. The maximum absolute atomic E-state index is 12.1. The van der Waals surface area contributed by atoms with E-state index in [4.69, 9.17) is 0 Å². The summed E-state index contributed by atoms with van der Waals surface area (Å²) in [5, 5.41) is 10.5. The molecule has 0 fully saturated rings. The van der Waals surface area contributed by atoms with Gasteiger partial charge in [-0.05, 0) is 6.07 Å². The number of hydrogen-bond donors (Lipinski definition) is 0. The standard InChI is InChI=1S/C6H6FNO/c1-5-2-3-6(7)4-8(5)9/h2-4H,1H3. The number of halogens is 1. The molecule has 1 heterocycles. The van der Waals surface area contributed by atoms with Crippen molar-refractivity contribution in [3.05, 3.63) is 35.0 Å². The van der Waals surface area contributed by atoms with Crippen LogP contribution in [0.1, 0.15) is 5.69 Å². The first-order chi connectivity index (χ1) is 4.20. The van der Waals surface area contributed by atoms with E-state index in [2.05, 4.69) is 0 Å². The molecule has 0 saturated carbocycles. The van der Waals surface area contributed by atoms with Crippen LogP contribution in [0.25, 0.3) is 0 Å². The van der Waals surface area contributed by atoms with Gasteiger partial charge in [0.05, 0.1) is 0 Å². The molecule has 1 rings (SSSR count). The molecule has 0 unspecified atom stereocenters. The maximum Gasteiger partial charge on any atom is 0.216 e. The van der Waals surface area contributed by atoms with Crippen molar-refractivity contribution in [1.29, 1.82) is 0 Å². The van der Waals surface area contributed by atoms with Crippen LogP contribution < -0.4 is 4.73 Å². The van der Waals surface area contributed by atoms with E-state index in [9.17, 15) is 9.60 Å². The molecule has 0 spiro atoms. The van der Waals surface area contributed by atoms with Gasteiger partial charge in [0.15, 0.2) is 11.5 Å². The van der Waals surface area contributed by atoms with E-state index in [0.717, 1.165) is 6.20 Å². The summed E-state index contributed by atoms with van der Waals surface area (Å²) in [4.78, 5) is 0. The van der Waals surface area contributed by atoms with E-state index >= 15 is 0 Å². The average Bonchev–Trinajstić information content (AvgIpc) is 1.80. The predicted octanol–water partition coefficient (Wildman–Crippen LogP) is 0.768. The van der Waals surface area contributed by atoms with Gasteiger partial charge in [0.25, 0.3) is 0 Å². The lowest BCUT2D eigenvalue weighted by molar-refractivity contribution is -0.614. The number of aromatic nitrogens is 1. The van der Waals surface area contributed by atoms with Crippen LogP contribution in [0.4, 0.5) is 4.39 Å². The molecule has 1 aromatic heterocycles. The Bertz CT molecular complexity index is 224. The molecule has 0 atom stereocenters. The molecule has 0 N–H and O–H groups in total. The van der Waals surface area contributed by atoms with Crippen molar-refractivity contribution < 1.29 is 9.12 Å². The third-order valence-electron chi connectivity index (χ3n) is 1.07. The number of hydrogen-bond acceptors (Lipinski definition) is 1. The Morgan fingerprint density at radius 2 is 2.22 bits per heavy atom. The molecular formula is C6H6FNO. The van der Waals surface area contributed by atoms with Gasteiger partial charge in [-0.25, -0.2) is 4.39 Å². The smallest absolute Gasteiger partial charge is 0.216 e. The molecule has 0 aliphatic carbocycles. The first-order valence-electron chi connectivity index (χ1n) is 2.55. The van der Waals surface area contributed by atoms with Gasteiger partial charge in [-0.1, -0.05) is 0 Å². The SMILES string of the molecule is Cc1ccc(F)c[n+]1[O-]. The zero-order valence-corrected chi connectivity index (χ0v) is 4.97. The molecule has 48 valence electrons. The Hall–Kier alpha value is -1.12. The van der Waals surface area contributed by atoms with Gasteiger partial charge in [0.1, 0.15) is 0 Å². The van der Waals surface area contributed by atoms with Gasteiger partial charge < -0.3 is 5.21 Å². The minimum Gasteiger partial charge on any atom is -0.618 e. The fourth-order valence-electron chi connectivity index (χ4n) is 0.531. The first kappa shape index (κ1) is 6.01. The minimum atomic E-state index is -0.504. The van der Waals surface area contributed by atoms with E-state index in [1.165, 1.54) is 12.1 Å². The third kappa shape index (κ3) is 1.16. The highest BCUT2D eigenvalue weighted by Gasteiger charge is 1.97. The van der Waals surface area contributed by atoms with Crippen LogP contribution in [-0.2, 0) is 0 Å². The zero-order valence-electron chi connectivity index (χ0n) is 4.97. The van der Waals surface area contributed by atoms with Crippen LogP contribution in [0, 0.1) is 17.9 Å². The van der Waals surface area contributed by atoms with Crippen molar-refractivity contribution in [2.45, 2.75) is 6.92 Å². The first-order valence-corrected chi connectivity index (χ1v) is 2.55. The van der Waals surface area contributed by atoms with Gasteiger partial charge in [0.2, 0.25) is 6.20 Å². The molecule has 9 heavy (non-hydrogen) atoms. The van der Waals surface area contributed by atoms with E-state index in [1.807, 2.05) is 0 Å². The highest BCUT2D eigenvalue weighted by Crippen LogP contribution is 1.92. The van der Waals surface area contributed by atoms with Gasteiger partial charge >= 0.3 is 0 Å². The fourth-order valence-corrected chi connectivity index (χ4v) is 0.531. The van der Waals surface area contributed by atoms with Crippen molar-refractivity contribution in [1.82, 2.24) is 0 Å². The van der Waals surface area contributed by atoms with Crippen molar-refractivity contribution in [3.8, 4) is 0 Å². The summed E-state index contributed by atoms with van der Waals surface area (Å²) < 4.78 is 12.6. The summed E-state index contributed by atoms with van der Waals surface area (Å²) in [5.41, 5.74) is 0.497. The van der Waals surface area contributed by atoms with Crippen LogP contribution in [0.15, 0.2) is 18.3 Å². The summed E-state index contributed by atoms with van der Waals surface area (Å²) in [5.74, 6) is -0.504. The second kappa shape index (κ2) is 2.01. The van der Waals surface area contributed by atoms with Crippen molar-refractivity contribution in [2.24, 2.45) is 0 Å². The van der Waals surface area contributed by atoms with Gasteiger partial charge in [-0.3, -0.25) is 0 Å². The summed E-state index contributed by atoms with van der Waals surface area (Å²) in [6.45, 7) is 1.62. The van der Waals surface area contributed by atoms with Crippen LogP contribution >= 0.6 is 0 Å². The molecule has 1 aromatic rings. The van der Waals surface area contributed by atoms with Crippen molar-refractivity contribution in [2.75, 3.05) is 0 Å². The Balaban J connectivity index is 3.17. The van der Waals surface area contributed by atoms with Gasteiger partial charge in [-0.2, -0.15) is 4.73 Å². The van der Waals surface area contributed by atoms with Crippen molar-refractivity contribution in [3.63, 3.8) is 0 Å². The van der Waals surface area contributed by atoms with Crippen LogP contribution in [0.5, 0.6) is 0 Å². The number of nitrogens with zero attached hydrogens (tertiary/aromatic N) is 1. The highest BCUT2D eigenvalue weighted by atomic mass is 19.1. The van der Waals surface area contributed by atoms with Gasteiger partial charge in [-0.15, -0.1) is 0 Å². The molecule has 0 bridgehead atoms. The summed E-state index contributed by atoms with van der Waals surface area (Å²) in [6, 6.07) is 2.69. The second-order valence-electron chi connectivity index (χ2n) is 1.81. The molecule has 0 saturated heterocycles. The van der Waals surface area contributed by atoms with Gasteiger partial charge in [0, 0.05) is 13.0 Å². The molecule has 3 heteroatoms.